The van der Waals surface area contributed by atoms with Crippen LogP contribution in [0.1, 0.15) is 25.7 Å². The number of hydrogen-bond acceptors (Lipinski definition) is 3. The molecule has 0 bridgehead atoms. The first-order valence-electron chi connectivity index (χ1n) is 4.68. The van der Waals surface area contributed by atoms with Gasteiger partial charge in [-0.05, 0) is 19.4 Å². The van der Waals surface area contributed by atoms with Gasteiger partial charge in [-0.25, -0.2) is 0 Å². The molecule has 0 saturated carbocycles. The van der Waals surface area contributed by atoms with Gasteiger partial charge in [0.15, 0.2) is 0 Å². The highest BCUT2D eigenvalue weighted by molar-refractivity contribution is 6.64. The molecule has 0 atom stereocenters. The lowest BCUT2D eigenvalue weighted by Crippen LogP contribution is -2.55. The maximum Gasteiger partial charge on any atom is 0.424 e. The molecule has 0 aromatic rings. The van der Waals surface area contributed by atoms with Crippen molar-refractivity contribution >= 4 is 8.72 Å². The van der Waals surface area contributed by atoms with Gasteiger partial charge in [0.2, 0.25) is 0 Å². The Hall–Kier alpha value is 0.0969. The Bertz CT molecular complexity index is 118. The minimum absolute atomic E-state index is 1.05. The molecule has 1 N–H and O–H groups in total. The van der Waals surface area contributed by atoms with Crippen molar-refractivity contribution < 1.29 is 8.85 Å². The van der Waals surface area contributed by atoms with Crippen molar-refractivity contribution in [1.82, 2.24) is 4.98 Å². The summed E-state index contributed by atoms with van der Waals surface area (Å²) in [7, 11) is 1.55. The van der Waals surface area contributed by atoms with Gasteiger partial charge in [0.1, 0.15) is 0 Å². The lowest BCUT2D eigenvalue weighted by molar-refractivity contribution is 0.223. The fraction of sp³-hybridized carbons (Fsp3) is 1.00. The number of hydrogen-bond donors (Lipinski definition) is 1. The van der Waals surface area contributed by atoms with E-state index in [0.29, 0.717) is 0 Å². The molecule has 0 radical (unpaired) electrons. The molecule has 1 fully saturated rings. The average Bonchev–Trinajstić information content (AvgIpc) is 2.06. The highest BCUT2D eigenvalue weighted by atomic mass is 28.4. The highest BCUT2D eigenvalue weighted by Gasteiger charge is 2.35. The minimum atomic E-state index is -1.96. The third kappa shape index (κ3) is 2.55. The zero-order valence-electron chi connectivity index (χ0n) is 8.06. The average molecular weight is 189 g/mol. The van der Waals surface area contributed by atoms with Crippen molar-refractivity contribution in [3.63, 3.8) is 0 Å². The molecule has 1 aliphatic rings. The topological polar surface area (TPSA) is 30.5 Å². The quantitative estimate of drug-likeness (QED) is 0.666. The van der Waals surface area contributed by atoms with Crippen LogP contribution in [0.15, 0.2) is 0 Å². The van der Waals surface area contributed by atoms with Gasteiger partial charge in [-0.1, -0.05) is 12.8 Å². The Balaban J connectivity index is 2.45. The first-order chi connectivity index (χ1) is 5.83. The summed E-state index contributed by atoms with van der Waals surface area (Å²) < 4.78 is 10.9. The van der Waals surface area contributed by atoms with Crippen molar-refractivity contribution in [2.45, 2.75) is 31.7 Å². The Morgan fingerprint density at radius 1 is 1.00 bits per heavy atom. The molecule has 0 unspecified atom stereocenters. The maximum absolute atomic E-state index is 5.47. The Morgan fingerprint density at radius 2 is 1.67 bits per heavy atom. The summed E-state index contributed by atoms with van der Waals surface area (Å²) in [6.07, 6.45) is 5.15. The molecule has 1 saturated heterocycles. The summed E-state index contributed by atoms with van der Waals surface area (Å²) in [6.45, 7) is 1.05. The zero-order valence-corrected chi connectivity index (χ0v) is 9.06. The summed E-state index contributed by atoms with van der Waals surface area (Å²) in [5.41, 5.74) is 0. The van der Waals surface area contributed by atoms with E-state index in [1.165, 1.54) is 25.7 Å². The predicted octanol–water partition coefficient (Wildman–Crippen LogP) is 1.38. The second kappa shape index (κ2) is 4.96. The van der Waals surface area contributed by atoms with Crippen LogP contribution in [-0.4, -0.2) is 29.5 Å². The van der Waals surface area contributed by atoms with Gasteiger partial charge in [0.25, 0.3) is 0 Å². The van der Waals surface area contributed by atoms with Crippen molar-refractivity contribution in [3.05, 3.63) is 0 Å². The summed E-state index contributed by atoms with van der Waals surface area (Å²) in [5.74, 6) is 0. The van der Waals surface area contributed by atoms with E-state index in [-0.39, 0.29) is 0 Å². The molecule has 1 aliphatic heterocycles. The molecule has 1 rings (SSSR count). The first kappa shape index (κ1) is 10.2. The predicted molar refractivity (Wildman–Crippen MR) is 51.0 cm³/mol. The van der Waals surface area contributed by atoms with Crippen LogP contribution in [0, 0.1) is 0 Å². The van der Waals surface area contributed by atoms with Crippen molar-refractivity contribution in [2.75, 3.05) is 20.8 Å². The van der Waals surface area contributed by atoms with Crippen LogP contribution in [0.4, 0.5) is 0 Å². The van der Waals surface area contributed by atoms with E-state index < -0.39 is 8.72 Å². The smallest absolute Gasteiger partial charge is 0.386 e. The fourth-order valence-corrected chi connectivity index (χ4v) is 3.95. The second-order valence-electron chi connectivity index (χ2n) is 3.25. The molecule has 72 valence electrons. The van der Waals surface area contributed by atoms with Crippen molar-refractivity contribution in [3.8, 4) is 0 Å². The monoisotopic (exact) mass is 189 g/mol. The molecular formula is C8H19NO2Si. The van der Waals surface area contributed by atoms with Crippen LogP contribution in [-0.2, 0) is 8.85 Å². The SMILES string of the molecule is CO[Si]1(OC)CCCCCCN1. The fourth-order valence-electron chi connectivity index (χ4n) is 1.64. The van der Waals surface area contributed by atoms with E-state index >= 15 is 0 Å². The molecule has 4 heteroatoms. The minimum Gasteiger partial charge on any atom is -0.386 e. The van der Waals surface area contributed by atoms with Crippen LogP contribution in [0.3, 0.4) is 0 Å². The Labute approximate surface area is 75.8 Å². The molecule has 12 heavy (non-hydrogen) atoms. The van der Waals surface area contributed by atoms with Gasteiger partial charge >= 0.3 is 8.72 Å². The van der Waals surface area contributed by atoms with Gasteiger partial charge in [0.05, 0.1) is 0 Å². The molecule has 0 aromatic heterocycles. The lowest BCUT2D eigenvalue weighted by atomic mass is 10.2. The van der Waals surface area contributed by atoms with Crippen LogP contribution in [0.2, 0.25) is 6.04 Å². The van der Waals surface area contributed by atoms with Gasteiger partial charge in [-0.2, -0.15) is 0 Å². The third-order valence-electron chi connectivity index (χ3n) is 2.49. The molecule has 3 nitrogen and oxygen atoms in total. The summed E-state index contributed by atoms with van der Waals surface area (Å²) >= 11 is 0. The molecular weight excluding hydrogens is 170 g/mol. The molecule has 0 aromatic carbocycles. The number of rotatable bonds is 2. The highest BCUT2D eigenvalue weighted by Crippen LogP contribution is 2.17. The number of nitrogens with one attached hydrogen (secondary N) is 1. The van der Waals surface area contributed by atoms with Gasteiger partial charge in [0, 0.05) is 20.3 Å². The maximum atomic E-state index is 5.47. The van der Waals surface area contributed by atoms with Gasteiger partial charge in [-0.15, -0.1) is 0 Å². The Morgan fingerprint density at radius 3 is 2.33 bits per heavy atom. The molecule has 0 aliphatic carbocycles. The van der Waals surface area contributed by atoms with E-state index in [1.807, 2.05) is 0 Å². The molecule has 0 amide bonds. The normalized spacial score (nSPS) is 24.5. The summed E-state index contributed by atoms with van der Waals surface area (Å²) in [4.78, 5) is 3.43. The zero-order chi connectivity index (χ0) is 8.86. The van der Waals surface area contributed by atoms with E-state index in [2.05, 4.69) is 4.98 Å². The second-order valence-corrected chi connectivity index (χ2v) is 6.43. The van der Waals surface area contributed by atoms with E-state index in [4.69, 9.17) is 8.85 Å². The van der Waals surface area contributed by atoms with E-state index in [9.17, 15) is 0 Å². The van der Waals surface area contributed by atoms with Gasteiger partial charge in [-0.3, -0.25) is 4.98 Å². The van der Waals surface area contributed by atoms with Crippen LogP contribution >= 0.6 is 0 Å². The van der Waals surface area contributed by atoms with Gasteiger partial charge < -0.3 is 8.85 Å². The van der Waals surface area contributed by atoms with Crippen LogP contribution in [0.25, 0.3) is 0 Å². The van der Waals surface area contributed by atoms with E-state index in [1.54, 1.807) is 14.2 Å². The standard InChI is InChI=1S/C8H19NO2Si/c1-10-12(11-2)8-6-4-3-5-7-9-12/h9H,3-8H2,1-2H3. The first-order valence-corrected chi connectivity index (χ1v) is 6.71. The van der Waals surface area contributed by atoms with Crippen LogP contribution in [0.5, 0.6) is 0 Å². The summed E-state index contributed by atoms with van der Waals surface area (Å²) in [6, 6.07) is 1.08. The van der Waals surface area contributed by atoms with E-state index in [0.717, 1.165) is 12.6 Å². The Kier molecular flexibility index (Phi) is 4.21. The summed E-state index contributed by atoms with van der Waals surface area (Å²) in [5, 5.41) is 0. The molecule has 1 heterocycles. The van der Waals surface area contributed by atoms with Crippen molar-refractivity contribution in [2.24, 2.45) is 0 Å². The van der Waals surface area contributed by atoms with Crippen LogP contribution < -0.4 is 4.98 Å². The van der Waals surface area contributed by atoms with Crippen molar-refractivity contribution in [1.29, 1.82) is 0 Å². The molecule has 0 spiro atoms. The third-order valence-corrected chi connectivity index (χ3v) is 5.61. The largest absolute Gasteiger partial charge is 0.424 e. The lowest BCUT2D eigenvalue weighted by Gasteiger charge is -2.29.